The number of halogens is 2. The predicted octanol–water partition coefficient (Wildman–Crippen LogP) is 5.20. The van der Waals surface area contributed by atoms with Gasteiger partial charge >= 0.3 is 6.09 Å². The van der Waals surface area contributed by atoms with Crippen LogP contribution in [0.2, 0.25) is 0 Å². The molecule has 28 heavy (non-hydrogen) atoms. The number of carbonyl (C=O) groups excluding carboxylic acids is 2. The van der Waals surface area contributed by atoms with Crippen molar-refractivity contribution >= 4 is 39.3 Å². The van der Waals surface area contributed by atoms with Gasteiger partial charge in [-0.2, -0.15) is 0 Å². The van der Waals surface area contributed by atoms with Crippen molar-refractivity contribution < 1.29 is 23.5 Å². The van der Waals surface area contributed by atoms with E-state index in [0.29, 0.717) is 23.2 Å². The van der Waals surface area contributed by atoms with Crippen molar-refractivity contribution in [3.8, 4) is 5.75 Å². The van der Waals surface area contributed by atoms with Crippen LogP contribution < -0.4 is 15.4 Å². The van der Waals surface area contributed by atoms with Gasteiger partial charge < -0.3 is 14.8 Å². The number of ether oxygens (including phenoxy) is 2. The molecule has 2 rings (SSSR count). The van der Waals surface area contributed by atoms with Gasteiger partial charge in [0.25, 0.3) is 5.91 Å². The van der Waals surface area contributed by atoms with Crippen LogP contribution in [-0.2, 0) is 4.74 Å². The molecule has 6 nitrogen and oxygen atoms in total. The second-order valence-electron chi connectivity index (χ2n) is 6.83. The summed E-state index contributed by atoms with van der Waals surface area (Å²) < 4.78 is 24.2. The molecule has 0 bridgehead atoms. The summed E-state index contributed by atoms with van der Waals surface area (Å²) in [4.78, 5) is 24.5. The van der Waals surface area contributed by atoms with Crippen LogP contribution in [0.3, 0.4) is 0 Å². The molecule has 0 atom stereocenters. The maximum Gasteiger partial charge on any atom is 0.412 e. The van der Waals surface area contributed by atoms with Crippen molar-refractivity contribution in [2.75, 3.05) is 22.6 Å². The highest BCUT2D eigenvalue weighted by atomic mass is 79.9. The Morgan fingerprint density at radius 1 is 1.04 bits per heavy atom. The van der Waals surface area contributed by atoms with E-state index in [2.05, 4.69) is 26.6 Å². The summed E-state index contributed by atoms with van der Waals surface area (Å²) in [6.07, 6.45) is -0.748. The molecule has 0 radical (unpaired) electrons. The molecule has 0 unspecified atom stereocenters. The third kappa shape index (κ3) is 6.84. The normalized spacial score (nSPS) is 10.9. The van der Waals surface area contributed by atoms with Gasteiger partial charge in [-0.25, -0.2) is 9.18 Å². The lowest BCUT2D eigenvalue weighted by atomic mass is 10.2. The van der Waals surface area contributed by atoms with Gasteiger partial charge in [-0.15, -0.1) is 0 Å². The largest absolute Gasteiger partial charge is 0.493 e. The molecule has 8 heteroatoms. The summed E-state index contributed by atoms with van der Waals surface area (Å²) in [7, 11) is 0. The highest BCUT2D eigenvalue weighted by Crippen LogP contribution is 2.25. The topological polar surface area (TPSA) is 76.7 Å². The number of anilines is 2. The smallest absolute Gasteiger partial charge is 0.412 e. The van der Waals surface area contributed by atoms with Crippen LogP contribution in [0, 0.1) is 5.82 Å². The van der Waals surface area contributed by atoms with E-state index < -0.39 is 23.4 Å². The summed E-state index contributed by atoms with van der Waals surface area (Å²) in [5.74, 6) is -0.326. The molecular formula is C20H22BrFN2O4. The lowest BCUT2D eigenvalue weighted by Gasteiger charge is -2.20. The Morgan fingerprint density at radius 2 is 1.71 bits per heavy atom. The van der Waals surface area contributed by atoms with Gasteiger partial charge in [-0.05, 0) is 63.2 Å². The molecule has 0 aliphatic rings. The Balaban J connectivity index is 2.12. The van der Waals surface area contributed by atoms with Crippen LogP contribution in [0.15, 0.2) is 42.5 Å². The molecule has 0 saturated carbocycles. The first-order valence-electron chi connectivity index (χ1n) is 8.57. The van der Waals surface area contributed by atoms with Gasteiger partial charge in [0.05, 0.1) is 18.0 Å². The minimum Gasteiger partial charge on any atom is -0.493 e. The molecule has 0 fully saturated rings. The molecule has 0 aromatic heterocycles. The first kappa shape index (κ1) is 21.7. The van der Waals surface area contributed by atoms with E-state index in [0.717, 1.165) is 6.07 Å². The van der Waals surface area contributed by atoms with Gasteiger partial charge in [0.2, 0.25) is 0 Å². The minimum atomic E-state index is -0.748. The number of benzene rings is 2. The van der Waals surface area contributed by atoms with Crippen molar-refractivity contribution in [1.29, 1.82) is 0 Å². The summed E-state index contributed by atoms with van der Waals surface area (Å²) in [5.41, 5.74) is 0.0231. The molecule has 0 saturated heterocycles. The fraction of sp³-hybridized carbons (Fsp3) is 0.300. The van der Waals surface area contributed by atoms with E-state index >= 15 is 0 Å². The maximum absolute atomic E-state index is 13.6. The van der Waals surface area contributed by atoms with Crippen LogP contribution in [0.4, 0.5) is 20.6 Å². The van der Waals surface area contributed by atoms with Gasteiger partial charge in [-0.1, -0.05) is 15.9 Å². The third-order valence-electron chi connectivity index (χ3n) is 3.33. The fourth-order valence-corrected chi connectivity index (χ4v) is 2.36. The summed E-state index contributed by atoms with van der Waals surface area (Å²) >= 11 is 3.27. The zero-order valence-corrected chi connectivity index (χ0v) is 17.4. The molecule has 0 aliphatic heterocycles. The van der Waals surface area contributed by atoms with Crippen LogP contribution >= 0.6 is 15.9 Å². The molecule has 2 amide bonds. The molecule has 2 aromatic rings. The van der Waals surface area contributed by atoms with Gasteiger partial charge in [-0.3, -0.25) is 10.1 Å². The number of nitrogens with one attached hydrogen (secondary N) is 2. The number of alkyl halides is 1. The molecule has 0 spiro atoms. The van der Waals surface area contributed by atoms with Crippen molar-refractivity contribution in [3.63, 3.8) is 0 Å². The molecule has 0 aliphatic carbocycles. The molecule has 0 heterocycles. The highest BCUT2D eigenvalue weighted by Gasteiger charge is 2.18. The van der Waals surface area contributed by atoms with Crippen molar-refractivity contribution in [1.82, 2.24) is 0 Å². The van der Waals surface area contributed by atoms with Crippen molar-refractivity contribution in [2.45, 2.75) is 26.4 Å². The summed E-state index contributed by atoms with van der Waals surface area (Å²) in [5, 5.41) is 5.82. The SMILES string of the molecule is CC(C)(C)OC(=O)Nc1cc(F)ccc1NC(=O)c1ccc(OCCBr)cc1. The molecule has 150 valence electrons. The van der Waals surface area contributed by atoms with E-state index in [1.165, 1.54) is 12.1 Å². The Bertz CT molecular complexity index is 835. The van der Waals surface area contributed by atoms with Gasteiger partial charge in [0.1, 0.15) is 17.2 Å². The highest BCUT2D eigenvalue weighted by molar-refractivity contribution is 9.09. The Hall–Kier alpha value is -2.61. The average molecular weight is 453 g/mol. The lowest BCUT2D eigenvalue weighted by molar-refractivity contribution is 0.0635. The zero-order valence-electron chi connectivity index (χ0n) is 15.8. The van der Waals surface area contributed by atoms with E-state index in [9.17, 15) is 14.0 Å². The van der Waals surface area contributed by atoms with Crippen molar-refractivity contribution in [2.24, 2.45) is 0 Å². The summed E-state index contributed by atoms with van der Waals surface area (Å²) in [6.45, 7) is 5.66. The van der Waals surface area contributed by atoms with E-state index in [4.69, 9.17) is 9.47 Å². The average Bonchev–Trinajstić information content (AvgIpc) is 2.61. The Labute approximate surface area is 171 Å². The van der Waals surface area contributed by atoms with Crippen LogP contribution in [0.5, 0.6) is 5.75 Å². The van der Waals surface area contributed by atoms with E-state index in [1.54, 1.807) is 45.0 Å². The first-order valence-corrected chi connectivity index (χ1v) is 9.70. The third-order valence-corrected chi connectivity index (χ3v) is 3.65. The van der Waals surface area contributed by atoms with Crippen LogP contribution in [-0.4, -0.2) is 29.5 Å². The fourth-order valence-electron chi connectivity index (χ4n) is 2.20. The van der Waals surface area contributed by atoms with Crippen LogP contribution in [0.1, 0.15) is 31.1 Å². The maximum atomic E-state index is 13.6. The lowest BCUT2D eigenvalue weighted by Crippen LogP contribution is -2.27. The summed E-state index contributed by atoms with van der Waals surface area (Å²) in [6, 6.07) is 10.3. The predicted molar refractivity (Wildman–Crippen MR) is 110 cm³/mol. The first-order chi connectivity index (χ1) is 13.2. The number of amides is 2. The quantitative estimate of drug-likeness (QED) is 0.590. The Morgan fingerprint density at radius 3 is 2.32 bits per heavy atom. The van der Waals surface area contributed by atoms with Gasteiger partial charge in [0.15, 0.2) is 0 Å². The molecule has 2 aromatic carbocycles. The van der Waals surface area contributed by atoms with Gasteiger partial charge in [0, 0.05) is 10.9 Å². The standard InChI is InChI=1S/C20H22BrFN2O4/c1-20(2,3)28-19(26)24-17-12-14(22)6-9-16(17)23-18(25)13-4-7-15(8-5-13)27-11-10-21/h4-9,12H,10-11H2,1-3H3,(H,23,25)(H,24,26). The molecular weight excluding hydrogens is 431 g/mol. The Kier molecular flexibility index (Phi) is 7.39. The number of rotatable bonds is 6. The molecule has 2 N–H and O–H groups in total. The van der Waals surface area contributed by atoms with Crippen molar-refractivity contribution in [3.05, 3.63) is 53.8 Å². The number of carbonyl (C=O) groups is 2. The zero-order chi connectivity index (χ0) is 20.7. The minimum absolute atomic E-state index is 0.0971. The second kappa shape index (κ2) is 9.54. The van der Waals surface area contributed by atoms with E-state index in [1.807, 2.05) is 0 Å². The monoisotopic (exact) mass is 452 g/mol. The van der Waals surface area contributed by atoms with E-state index in [-0.39, 0.29) is 11.4 Å². The van der Waals surface area contributed by atoms with Crippen LogP contribution in [0.25, 0.3) is 0 Å². The number of hydrogen-bond acceptors (Lipinski definition) is 4. The number of hydrogen-bond donors (Lipinski definition) is 2. The second-order valence-corrected chi connectivity index (χ2v) is 7.63.